The monoisotopic (exact) mass is 389 g/mol. The minimum absolute atomic E-state index is 0.0723. The summed E-state index contributed by atoms with van der Waals surface area (Å²) in [6, 6.07) is 12.0. The van der Waals surface area contributed by atoms with Gasteiger partial charge in [-0.15, -0.1) is 5.10 Å². The third-order valence-electron chi connectivity index (χ3n) is 5.85. The van der Waals surface area contributed by atoms with Crippen LogP contribution in [0.4, 0.5) is 0 Å². The second-order valence-electron chi connectivity index (χ2n) is 7.85. The molecule has 0 spiro atoms. The van der Waals surface area contributed by atoms with E-state index in [0.29, 0.717) is 18.0 Å². The molecule has 7 nitrogen and oxygen atoms in total. The fourth-order valence-corrected chi connectivity index (χ4v) is 4.39. The highest BCUT2D eigenvalue weighted by Gasteiger charge is 2.29. The van der Waals surface area contributed by atoms with Crippen LogP contribution >= 0.6 is 0 Å². The Balaban J connectivity index is 1.59. The van der Waals surface area contributed by atoms with Gasteiger partial charge < -0.3 is 9.32 Å². The smallest absolute Gasteiger partial charge is 0.290 e. The first-order valence-electron chi connectivity index (χ1n) is 10.2. The van der Waals surface area contributed by atoms with Crippen molar-refractivity contribution < 1.29 is 9.21 Å². The second-order valence-corrected chi connectivity index (χ2v) is 7.85. The molecule has 0 radical (unpaired) electrons. The highest BCUT2D eigenvalue weighted by Crippen LogP contribution is 2.28. The summed E-state index contributed by atoms with van der Waals surface area (Å²) < 4.78 is 7.19. The van der Waals surface area contributed by atoms with Crippen molar-refractivity contribution in [1.82, 2.24) is 24.9 Å². The van der Waals surface area contributed by atoms with E-state index < -0.39 is 0 Å². The number of amides is 1. The molecule has 3 aromatic heterocycles. The Morgan fingerprint density at radius 1 is 1.21 bits per heavy atom. The summed E-state index contributed by atoms with van der Waals surface area (Å²) >= 11 is 0. The largest absolute Gasteiger partial charge is 0.459 e. The number of carbonyl (C=O) groups is 1. The molecule has 0 saturated heterocycles. The number of benzene rings is 1. The van der Waals surface area contributed by atoms with Crippen LogP contribution in [-0.2, 0) is 6.54 Å². The Kier molecular flexibility index (Phi) is 4.50. The molecule has 1 aliphatic rings. The summed E-state index contributed by atoms with van der Waals surface area (Å²) in [6.45, 7) is 2.52. The van der Waals surface area contributed by atoms with E-state index in [9.17, 15) is 4.79 Å². The number of carbonyl (C=O) groups excluding carboxylic acids is 1. The number of hydrogen-bond donors (Lipinski definition) is 0. The number of rotatable bonds is 4. The first-order chi connectivity index (χ1) is 14.2. The molecule has 3 heterocycles. The van der Waals surface area contributed by atoms with Crippen LogP contribution in [0, 0.1) is 6.92 Å². The number of aromatic nitrogens is 4. The van der Waals surface area contributed by atoms with Gasteiger partial charge in [-0.25, -0.2) is 0 Å². The lowest BCUT2D eigenvalue weighted by Crippen LogP contribution is -2.41. The van der Waals surface area contributed by atoms with E-state index in [1.54, 1.807) is 22.9 Å². The van der Waals surface area contributed by atoms with Gasteiger partial charge in [0.1, 0.15) is 0 Å². The van der Waals surface area contributed by atoms with Gasteiger partial charge in [-0.05, 0) is 60.5 Å². The molecular formula is C22H23N5O2. The Labute approximate surface area is 168 Å². The quantitative estimate of drug-likeness (QED) is 0.524. The van der Waals surface area contributed by atoms with E-state index >= 15 is 0 Å². The Hall–Kier alpha value is -3.22. The summed E-state index contributed by atoms with van der Waals surface area (Å²) in [5, 5.41) is 13.4. The summed E-state index contributed by atoms with van der Waals surface area (Å²) in [4.78, 5) is 15.2. The molecule has 1 aliphatic carbocycles. The first kappa shape index (κ1) is 17.8. The summed E-state index contributed by atoms with van der Waals surface area (Å²) in [6.07, 6.45) is 7.09. The van der Waals surface area contributed by atoms with Gasteiger partial charge in [-0.3, -0.25) is 4.79 Å². The van der Waals surface area contributed by atoms with Crippen LogP contribution in [0.3, 0.4) is 0 Å². The molecule has 0 bridgehead atoms. The average Bonchev–Trinajstić information content (AvgIpc) is 3.44. The lowest BCUT2D eigenvalue weighted by atomic mass is 9.93. The van der Waals surface area contributed by atoms with Crippen molar-refractivity contribution in [3.05, 3.63) is 59.5 Å². The zero-order valence-corrected chi connectivity index (χ0v) is 16.4. The predicted octanol–water partition coefficient (Wildman–Crippen LogP) is 4.15. The van der Waals surface area contributed by atoms with Crippen LogP contribution in [-0.4, -0.2) is 36.9 Å². The average molecular weight is 389 g/mol. The van der Waals surface area contributed by atoms with Gasteiger partial charge in [0, 0.05) is 17.0 Å². The normalized spacial score (nSPS) is 15.2. The van der Waals surface area contributed by atoms with E-state index in [-0.39, 0.29) is 11.9 Å². The van der Waals surface area contributed by atoms with E-state index in [4.69, 9.17) is 4.42 Å². The van der Waals surface area contributed by atoms with E-state index in [1.807, 2.05) is 11.0 Å². The van der Waals surface area contributed by atoms with Crippen molar-refractivity contribution in [3.63, 3.8) is 0 Å². The van der Waals surface area contributed by atoms with Gasteiger partial charge in [0.25, 0.3) is 5.91 Å². The minimum atomic E-state index is -0.0723. The highest BCUT2D eigenvalue weighted by atomic mass is 16.3. The second kappa shape index (κ2) is 7.31. The zero-order valence-electron chi connectivity index (χ0n) is 16.4. The standard InChI is InChI=1S/C22H23N5O2/c1-15-9-10-19-16(12-15)13-17(21-23-24-25-27(19)21)14-26(18-6-3-2-4-7-18)22(28)20-8-5-11-29-20/h5,8-13,18H,2-4,6-7,14H2,1H3. The van der Waals surface area contributed by atoms with E-state index in [0.717, 1.165) is 42.1 Å². The first-order valence-corrected chi connectivity index (χ1v) is 10.2. The zero-order chi connectivity index (χ0) is 19.8. The number of tetrazole rings is 1. The lowest BCUT2D eigenvalue weighted by molar-refractivity contribution is 0.0582. The molecule has 148 valence electrons. The number of fused-ring (bicyclic) bond motifs is 3. The van der Waals surface area contributed by atoms with Crippen LogP contribution in [0.15, 0.2) is 47.1 Å². The van der Waals surface area contributed by atoms with Crippen molar-refractivity contribution >= 4 is 22.5 Å². The number of nitrogens with zero attached hydrogens (tertiary/aromatic N) is 5. The maximum Gasteiger partial charge on any atom is 0.290 e. The van der Waals surface area contributed by atoms with E-state index in [2.05, 4.69) is 40.6 Å². The summed E-state index contributed by atoms with van der Waals surface area (Å²) in [5.41, 5.74) is 3.76. The third-order valence-corrected chi connectivity index (χ3v) is 5.85. The van der Waals surface area contributed by atoms with Crippen molar-refractivity contribution in [2.45, 2.75) is 51.6 Å². The molecule has 0 unspecified atom stereocenters. The molecule has 0 N–H and O–H groups in total. The van der Waals surface area contributed by atoms with Gasteiger partial charge in [0.15, 0.2) is 11.4 Å². The summed E-state index contributed by atoms with van der Waals surface area (Å²) in [5.74, 6) is 0.305. The maximum atomic E-state index is 13.3. The molecule has 1 aromatic carbocycles. The maximum absolute atomic E-state index is 13.3. The van der Waals surface area contributed by atoms with Gasteiger partial charge in [-0.2, -0.15) is 4.52 Å². The van der Waals surface area contributed by atoms with Gasteiger partial charge in [-0.1, -0.05) is 30.9 Å². The van der Waals surface area contributed by atoms with Crippen molar-refractivity contribution in [2.75, 3.05) is 0 Å². The molecule has 0 aliphatic heterocycles. The summed E-state index contributed by atoms with van der Waals surface area (Å²) in [7, 11) is 0. The van der Waals surface area contributed by atoms with Gasteiger partial charge >= 0.3 is 0 Å². The predicted molar refractivity (Wildman–Crippen MR) is 108 cm³/mol. The number of aryl methyl sites for hydroxylation is 1. The third kappa shape index (κ3) is 3.26. The molecule has 1 amide bonds. The van der Waals surface area contributed by atoms with Crippen LogP contribution < -0.4 is 0 Å². The molecule has 0 atom stereocenters. The highest BCUT2D eigenvalue weighted by molar-refractivity contribution is 5.92. The fourth-order valence-electron chi connectivity index (χ4n) is 4.39. The Bertz CT molecular complexity index is 1160. The van der Waals surface area contributed by atoms with Crippen LogP contribution in [0.25, 0.3) is 16.6 Å². The van der Waals surface area contributed by atoms with Crippen LogP contribution in [0.1, 0.15) is 53.8 Å². The van der Waals surface area contributed by atoms with Crippen LogP contribution in [0.5, 0.6) is 0 Å². The molecule has 1 fully saturated rings. The molecule has 7 heteroatoms. The van der Waals surface area contributed by atoms with Crippen LogP contribution in [0.2, 0.25) is 0 Å². The van der Waals surface area contributed by atoms with Crippen molar-refractivity contribution in [2.24, 2.45) is 0 Å². The lowest BCUT2D eigenvalue weighted by Gasteiger charge is -2.34. The molecule has 5 rings (SSSR count). The van der Waals surface area contributed by atoms with Crippen molar-refractivity contribution in [3.8, 4) is 0 Å². The fraction of sp³-hybridized carbons (Fsp3) is 0.364. The topological polar surface area (TPSA) is 76.5 Å². The van der Waals surface area contributed by atoms with Gasteiger partial charge in [0.2, 0.25) is 0 Å². The molecule has 4 aromatic rings. The SMILES string of the molecule is Cc1ccc2c(c1)cc(CN(C(=O)c1ccco1)C1CCCCC1)c1nnnn12. The van der Waals surface area contributed by atoms with Gasteiger partial charge in [0.05, 0.1) is 18.3 Å². The minimum Gasteiger partial charge on any atom is -0.459 e. The number of hydrogen-bond acceptors (Lipinski definition) is 5. The molecule has 29 heavy (non-hydrogen) atoms. The Morgan fingerprint density at radius 3 is 2.86 bits per heavy atom. The number of furan rings is 1. The Morgan fingerprint density at radius 2 is 2.07 bits per heavy atom. The molecule has 1 saturated carbocycles. The van der Waals surface area contributed by atoms with Crippen molar-refractivity contribution in [1.29, 1.82) is 0 Å². The molecular weight excluding hydrogens is 366 g/mol. The van der Waals surface area contributed by atoms with E-state index in [1.165, 1.54) is 12.0 Å². The number of pyridine rings is 1.